The van der Waals surface area contributed by atoms with Gasteiger partial charge in [-0.2, -0.15) is 0 Å². The average molecular weight is 217 g/mol. The zero-order chi connectivity index (χ0) is 11.9. The van der Waals surface area contributed by atoms with Gasteiger partial charge in [-0.3, -0.25) is 4.79 Å². The second kappa shape index (κ2) is 3.76. The number of ketones is 1. The maximum atomic E-state index is 11.7. The van der Waals surface area contributed by atoms with Crippen LogP contribution in [0.15, 0.2) is 24.3 Å². The number of hydrogen-bond donors (Lipinski definition) is 1. The van der Waals surface area contributed by atoms with Gasteiger partial charge in [-0.15, -0.1) is 0 Å². The highest BCUT2D eigenvalue weighted by molar-refractivity contribution is 6.02. The Balaban J connectivity index is 2.64. The first-order valence-corrected chi connectivity index (χ1v) is 5.29. The molecule has 0 amide bonds. The van der Waals surface area contributed by atoms with Crippen molar-refractivity contribution in [1.82, 2.24) is 4.57 Å². The van der Waals surface area contributed by atoms with Gasteiger partial charge >= 0.3 is 0 Å². The second-order valence-electron chi connectivity index (χ2n) is 4.19. The fourth-order valence-corrected chi connectivity index (χ4v) is 1.92. The van der Waals surface area contributed by atoms with Crippen molar-refractivity contribution in [2.24, 2.45) is 7.05 Å². The Kier molecular flexibility index (Phi) is 2.56. The molecule has 1 atom stereocenters. The lowest BCUT2D eigenvalue weighted by Crippen LogP contribution is -2.18. The fraction of sp³-hybridized carbons (Fsp3) is 0.308. The topological polar surface area (TPSA) is 42.2 Å². The highest BCUT2D eigenvalue weighted by Crippen LogP contribution is 2.21. The van der Waals surface area contributed by atoms with Gasteiger partial charge in [0.25, 0.3) is 0 Å². The zero-order valence-corrected chi connectivity index (χ0v) is 9.69. The third-order valence-electron chi connectivity index (χ3n) is 2.83. The van der Waals surface area contributed by atoms with Crippen molar-refractivity contribution in [1.29, 1.82) is 0 Å². The lowest BCUT2D eigenvalue weighted by molar-refractivity contribution is 0.0771. The lowest BCUT2D eigenvalue weighted by Gasteiger charge is -2.05. The minimum atomic E-state index is -0.955. The predicted molar refractivity (Wildman–Crippen MR) is 63.7 cm³/mol. The lowest BCUT2D eigenvalue weighted by atomic mass is 10.1. The Morgan fingerprint density at radius 3 is 2.69 bits per heavy atom. The number of hydrogen-bond acceptors (Lipinski definition) is 2. The number of nitrogens with zero attached hydrogens (tertiary/aromatic N) is 1. The van der Waals surface area contributed by atoms with Crippen molar-refractivity contribution >= 4 is 16.7 Å². The molecular formula is C13H15NO2. The minimum absolute atomic E-state index is 0.239. The summed E-state index contributed by atoms with van der Waals surface area (Å²) in [5, 5.41) is 10.3. The quantitative estimate of drug-likeness (QED) is 0.782. The molecule has 3 nitrogen and oxygen atoms in total. The predicted octanol–water partition coefficient (Wildman–Crippen LogP) is 2.05. The molecule has 1 heterocycles. The minimum Gasteiger partial charge on any atom is -0.385 e. The van der Waals surface area contributed by atoms with Crippen LogP contribution in [0.3, 0.4) is 0 Å². The molecule has 0 aliphatic heterocycles. The Bertz CT molecular complexity index is 552. The van der Waals surface area contributed by atoms with Crippen molar-refractivity contribution < 1.29 is 9.90 Å². The summed E-state index contributed by atoms with van der Waals surface area (Å²) in [6.45, 7) is 3.51. The molecule has 0 aliphatic carbocycles. The van der Waals surface area contributed by atoms with Crippen LogP contribution in [0.2, 0.25) is 0 Å². The van der Waals surface area contributed by atoms with Crippen molar-refractivity contribution in [3.05, 3.63) is 35.5 Å². The van der Waals surface area contributed by atoms with Gasteiger partial charge in [0, 0.05) is 18.0 Å². The van der Waals surface area contributed by atoms with E-state index in [1.807, 2.05) is 42.8 Å². The van der Waals surface area contributed by atoms with E-state index in [0.717, 1.165) is 16.5 Å². The Hall–Kier alpha value is -1.61. The van der Waals surface area contributed by atoms with Gasteiger partial charge in [0.15, 0.2) is 0 Å². The van der Waals surface area contributed by atoms with E-state index in [1.54, 1.807) is 0 Å². The molecule has 1 aromatic heterocycles. The van der Waals surface area contributed by atoms with Crippen molar-refractivity contribution in [3.63, 3.8) is 0 Å². The third-order valence-corrected chi connectivity index (χ3v) is 2.83. The highest BCUT2D eigenvalue weighted by atomic mass is 16.3. The molecule has 1 unspecified atom stereocenters. The summed E-state index contributed by atoms with van der Waals surface area (Å²) in [7, 11) is 1.84. The van der Waals surface area contributed by atoms with Gasteiger partial charge in [-0.05, 0) is 32.0 Å². The number of aliphatic hydroxyl groups excluding tert-OH is 1. The molecule has 0 fully saturated rings. The van der Waals surface area contributed by atoms with Crippen LogP contribution in [-0.4, -0.2) is 21.6 Å². The van der Waals surface area contributed by atoms with Gasteiger partial charge in [0.1, 0.15) is 6.10 Å². The smallest absolute Gasteiger partial charge is 0.207 e. The van der Waals surface area contributed by atoms with Gasteiger partial charge < -0.3 is 9.67 Å². The average Bonchev–Trinajstić information content (AvgIpc) is 2.54. The van der Waals surface area contributed by atoms with Crippen LogP contribution in [0.25, 0.3) is 10.9 Å². The summed E-state index contributed by atoms with van der Waals surface area (Å²) in [6.07, 6.45) is -0.955. The summed E-state index contributed by atoms with van der Waals surface area (Å²) in [5.74, 6) is -0.239. The molecule has 0 aliphatic rings. The molecule has 2 aromatic rings. The Morgan fingerprint density at radius 2 is 2.06 bits per heavy atom. The van der Waals surface area contributed by atoms with E-state index in [0.29, 0.717) is 5.69 Å². The maximum Gasteiger partial charge on any atom is 0.207 e. The SMILES string of the molecule is Cc1ccc2c(c1)cc(C(=O)C(C)O)n2C. The van der Waals surface area contributed by atoms with Crippen LogP contribution in [0.1, 0.15) is 23.0 Å². The van der Waals surface area contributed by atoms with Crippen LogP contribution >= 0.6 is 0 Å². The fourth-order valence-electron chi connectivity index (χ4n) is 1.92. The summed E-state index contributed by atoms with van der Waals surface area (Å²) < 4.78 is 1.82. The monoisotopic (exact) mass is 217 g/mol. The standard InChI is InChI=1S/C13H15NO2/c1-8-4-5-11-10(6-8)7-12(14(11)3)13(16)9(2)15/h4-7,9,15H,1-3H3. The third kappa shape index (κ3) is 1.63. The van der Waals surface area contributed by atoms with Crippen LogP contribution in [-0.2, 0) is 7.05 Å². The molecule has 2 rings (SSSR count). The maximum absolute atomic E-state index is 11.7. The van der Waals surface area contributed by atoms with E-state index in [1.165, 1.54) is 6.92 Å². The number of Topliss-reactive ketones (excluding diaryl/α,β-unsaturated/α-hetero) is 1. The molecule has 84 valence electrons. The Morgan fingerprint density at radius 1 is 1.38 bits per heavy atom. The second-order valence-corrected chi connectivity index (χ2v) is 4.19. The van der Waals surface area contributed by atoms with E-state index >= 15 is 0 Å². The van der Waals surface area contributed by atoms with Crippen molar-refractivity contribution in [2.75, 3.05) is 0 Å². The molecule has 16 heavy (non-hydrogen) atoms. The van der Waals surface area contributed by atoms with E-state index in [2.05, 4.69) is 0 Å². The number of rotatable bonds is 2. The molecular weight excluding hydrogens is 202 g/mol. The van der Waals surface area contributed by atoms with E-state index in [4.69, 9.17) is 0 Å². The summed E-state index contributed by atoms with van der Waals surface area (Å²) >= 11 is 0. The molecule has 0 radical (unpaired) electrons. The normalized spacial score (nSPS) is 13.0. The van der Waals surface area contributed by atoms with Gasteiger partial charge in [-0.25, -0.2) is 0 Å². The van der Waals surface area contributed by atoms with Gasteiger partial charge in [0.05, 0.1) is 5.69 Å². The van der Waals surface area contributed by atoms with Crippen LogP contribution in [0, 0.1) is 6.92 Å². The molecule has 0 spiro atoms. The largest absolute Gasteiger partial charge is 0.385 e. The molecule has 1 aromatic carbocycles. The first kappa shape index (κ1) is 10.9. The van der Waals surface area contributed by atoms with E-state index in [-0.39, 0.29) is 5.78 Å². The molecule has 0 bridgehead atoms. The molecule has 1 N–H and O–H groups in total. The highest BCUT2D eigenvalue weighted by Gasteiger charge is 2.17. The number of fused-ring (bicyclic) bond motifs is 1. The number of benzene rings is 1. The van der Waals surface area contributed by atoms with Crippen LogP contribution in [0.4, 0.5) is 0 Å². The Labute approximate surface area is 94.3 Å². The first-order valence-electron chi connectivity index (χ1n) is 5.29. The van der Waals surface area contributed by atoms with Gasteiger partial charge in [-0.1, -0.05) is 11.6 Å². The number of aryl methyl sites for hydroxylation is 2. The van der Waals surface area contributed by atoms with Crippen LogP contribution < -0.4 is 0 Å². The summed E-state index contributed by atoms with van der Waals surface area (Å²) in [4.78, 5) is 11.7. The number of carbonyl (C=O) groups excluding carboxylic acids is 1. The first-order chi connectivity index (χ1) is 7.50. The van der Waals surface area contributed by atoms with E-state index in [9.17, 15) is 9.90 Å². The summed E-state index contributed by atoms with van der Waals surface area (Å²) in [5.41, 5.74) is 2.72. The number of aromatic nitrogens is 1. The zero-order valence-electron chi connectivity index (χ0n) is 9.69. The molecule has 0 saturated carbocycles. The molecule has 0 saturated heterocycles. The summed E-state index contributed by atoms with van der Waals surface area (Å²) in [6, 6.07) is 7.87. The van der Waals surface area contributed by atoms with Crippen molar-refractivity contribution in [3.8, 4) is 0 Å². The molecule has 3 heteroatoms. The number of carbonyl (C=O) groups is 1. The number of aliphatic hydroxyl groups is 1. The van der Waals surface area contributed by atoms with E-state index < -0.39 is 6.10 Å². The van der Waals surface area contributed by atoms with Gasteiger partial charge in [0.2, 0.25) is 5.78 Å². The van der Waals surface area contributed by atoms with Crippen LogP contribution in [0.5, 0.6) is 0 Å². The van der Waals surface area contributed by atoms with Crippen molar-refractivity contribution in [2.45, 2.75) is 20.0 Å².